The van der Waals surface area contributed by atoms with E-state index in [1.807, 2.05) is 37.4 Å². The van der Waals surface area contributed by atoms with Crippen LogP contribution in [0.5, 0.6) is 0 Å². The first kappa shape index (κ1) is 22.5. The van der Waals surface area contributed by atoms with Crippen LogP contribution in [-0.4, -0.2) is 43.0 Å². The molecule has 0 saturated carbocycles. The van der Waals surface area contributed by atoms with E-state index in [1.54, 1.807) is 23.9 Å². The maximum atomic E-state index is 12.9. The fourth-order valence-electron chi connectivity index (χ4n) is 3.62. The predicted octanol–water partition coefficient (Wildman–Crippen LogP) is 5.02. The Kier molecular flexibility index (Phi) is 6.60. The molecule has 1 aliphatic rings. The van der Waals surface area contributed by atoms with Gasteiger partial charge in [0.1, 0.15) is 0 Å². The second kappa shape index (κ2) is 9.07. The molecule has 6 nitrogen and oxygen atoms in total. The van der Waals surface area contributed by atoms with Crippen LogP contribution >= 0.6 is 34.7 Å². The number of hydrogen-bond donors (Lipinski definition) is 1. The van der Waals surface area contributed by atoms with Crippen molar-refractivity contribution < 1.29 is 13.2 Å². The Bertz CT molecular complexity index is 1220. The summed E-state index contributed by atoms with van der Waals surface area (Å²) in [7, 11) is -3.55. The molecular formula is C21H22ClN3O3S3. The molecule has 0 aliphatic carbocycles. The average molecular weight is 496 g/mol. The van der Waals surface area contributed by atoms with E-state index in [1.165, 1.54) is 15.6 Å². The van der Waals surface area contributed by atoms with Crippen molar-refractivity contribution >= 4 is 66.0 Å². The smallest absolute Gasteiger partial charge is 0.243 e. The van der Waals surface area contributed by atoms with E-state index < -0.39 is 10.0 Å². The third-order valence-corrected chi connectivity index (χ3v) is 9.50. The number of fused-ring (bicyclic) bond motifs is 1. The number of carbonyl (C=O) groups excluding carboxylic acids is 1. The number of aromatic nitrogens is 1. The molecule has 1 N–H and O–H groups in total. The molecule has 0 radical (unpaired) electrons. The van der Waals surface area contributed by atoms with Crippen molar-refractivity contribution in [2.45, 2.75) is 29.6 Å². The summed E-state index contributed by atoms with van der Waals surface area (Å²) in [6.07, 6.45) is 2.90. The summed E-state index contributed by atoms with van der Waals surface area (Å²) < 4.78 is 28.3. The summed E-state index contributed by atoms with van der Waals surface area (Å²) in [5, 5.41) is 4.08. The van der Waals surface area contributed by atoms with E-state index >= 15 is 0 Å². The molecule has 1 saturated heterocycles. The van der Waals surface area contributed by atoms with Crippen molar-refractivity contribution in [2.24, 2.45) is 5.92 Å². The number of aryl methyl sites for hydroxylation is 1. The minimum absolute atomic E-state index is 0.121. The number of anilines is 1. The Morgan fingerprint density at radius 2 is 1.87 bits per heavy atom. The van der Waals surface area contributed by atoms with Crippen molar-refractivity contribution in [2.75, 3.05) is 24.7 Å². The fraction of sp³-hybridized carbons (Fsp3) is 0.333. The van der Waals surface area contributed by atoms with Crippen LogP contribution in [0.3, 0.4) is 0 Å². The Balaban J connectivity index is 1.40. The van der Waals surface area contributed by atoms with Gasteiger partial charge in [-0.25, -0.2) is 13.4 Å². The molecule has 1 fully saturated rings. The minimum atomic E-state index is -3.55. The molecule has 2 heterocycles. The SMILES string of the molecule is CSc1ccc(S(=O)(=O)N2CCC(C(=O)Nc3nc4c(C)c(Cl)ccc4s3)CC2)cc1. The van der Waals surface area contributed by atoms with E-state index in [4.69, 9.17) is 11.6 Å². The first-order valence-corrected chi connectivity index (χ1v) is 13.7. The van der Waals surface area contributed by atoms with Crippen LogP contribution < -0.4 is 5.32 Å². The molecule has 2 aromatic carbocycles. The van der Waals surface area contributed by atoms with Gasteiger partial charge in [0.05, 0.1) is 15.1 Å². The molecule has 4 rings (SSSR count). The van der Waals surface area contributed by atoms with E-state index in [0.29, 0.717) is 36.1 Å². The van der Waals surface area contributed by atoms with Gasteiger partial charge in [0.15, 0.2) is 5.13 Å². The highest BCUT2D eigenvalue weighted by Gasteiger charge is 2.32. The Labute approximate surface area is 195 Å². The highest BCUT2D eigenvalue weighted by atomic mass is 35.5. The zero-order valence-corrected chi connectivity index (χ0v) is 20.3. The van der Waals surface area contributed by atoms with Gasteiger partial charge in [-0.3, -0.25) is 4.79 Å². The first-order chi connectivity index (χ1) is 14.8. The van der Waals surface area contributed by atoms with Crippen molar-refractivity contribution in [3.8, 4) is 0 Å². The third kappa shape index (κ3) is 4.61. The van der Waals surface area contributed by atoms with Gasteiger partial charge in [-0.2, -0.15) is 4.31 Å². The predicted molar refractivity (Wildman–Crippen MR) is 128 cm³/mol. The number of nitrogens with one attached hydrogen (secondary N) is 1. The molecule has 31 heavy (non-hydrogen) atoms. The minimum Gasteiger partial charge on any atom is -0.302 e. The Morgan fingerprint density at radius 1 is 1.19 bits per heavy atom. The second-order valence-electron chi connectivity index (χ2n) is 7.38. The van der Waals surface area contributed by atoms with Crippen LogP contribution in [0, 0.1) is 12.8 Å². The first-order valence-electron chi connectivity index (χ1n) is 9.80. The Hall–Kier alpha value is -1.65. The summed E-state index contributed by atoms with van der Waals surface area (Å²) in [6, 6.07) is 10.6. The highest BCUT2D eigenvalue weighted by Crippen LogP contribution is 2.32. The molecule has 0 atom stereocenters. The van der Waals surface area contributed by atoms with E-state index in [-0.39, 0.29) is 16.7 Å². The van der Waals surface area contributed by atoms with Gasteiger partial charge in [-0.1, -0.05) is 22.9 Å². The second-order valence-corrected chi connectivity index (χ2v) is 11.6. The van der Waals surface area contributed by atoms with E-state index in [0.717, 1.165) is 20.7 Å². The number of benzene rings is 2. The maximum Gasteiger partial charge on any atom is 0.243 e. The summed E-state index contributed by atoms with van der Waals surface area (Å²) >= 11 is 9.13. The molecule has 0 bridgehead atoms. The monoisotopic (exact) mass is 495 g/mol. The topological polar surface area (TPSA) is 79.4 Å². The quantitative estimate of drug-likeness (QED) is 0.503. The number of sulfonamides is 1. The van der Waals surface area contributed by atoms with Gasteiger partial charge in [0.25, 0.3) is 0 Å². The van der Waals surface area contributed by atoms with Crippen LogP contribution in [0.15, 0.2) is 46.2 Å². The van der Waals surface area contributed by atoms with Gasteiger partial charge in [0, 0.05) is 28.9 Å². The molecule has 1 aliphatic heterocycles. The molecule has 1 aromatic heterocycles. The third-order valence-electron chi connectivity index (χ3n) is 5.50. The summed E-state index contributed by atoms with van der Waals surface area (Å²) in [5.41, 5.74) is 1.68. The summed E-state index contributed by atoms with van der Waals surface area (Å²) in [6.45, 7) is 2.54. The molecular weight excluding hydrogens is 474 g/mol. The molecule has 3 aromatic rings. The molecule has 0 unspecified atom stereocenters. The summed E-state index contributed by atoms with van der Waals surface area (Å²) in [4.78, 5) is 18.6. The lowest BCUT2D eigenvalue weighted by molar-refractivity contribution is -0.120. The number of rotatable bonds is 5. The zero-order chi connectivity index (χ0) is 22.2. The zero-order valence-electron chi connectivity index (χ0n) is 17.1. The molecule has 10 heteroatoms. The van der Waals surface area contributed by atoms with E-state index in [2.05, 4.69) is 10.3 Å². The van der Waals surface area contributed by atoms with Gasteiger partial charge >= 0.3 is 0 Å². The van der Waals surface area contributed by atoms with Crippen molar-refractivity contribution in [3.05, 3.63) is 47.0 Å². The van der Waals surface area contributed by atoms with Crippen LogP contribution in [-0.2, 0) is 14.8 Å². The number of piperidine rings is 1. The highest BCUT2D eigenvalue weighted by molar-refractivity contribution is 7.98. The molecule has 1 amide bonds. The van der Waals surface area contributed by atoms with Gasteiger partial charge in [-0.05, 0) is 68.0 Å². The number of halogens is 1. The molecule has 164 valence electrons. The standard InChI is InChI=1S/C21H22ClN3O3S3/c1-13-17(22)7-8-18-19(13)23-21(30-18)24-20(26)14-9-11-25(12-10-14)31(27,28)16-5-3-15(29-2)4-6-16/h3-8,14H,9-12H2,1-2H3,(H,23,24,26). The molecule has 0 spiro atoms. The number of amides is 1. The lowest BCUT2D eigenvalue weighted by Crippen LogP contribution is -2.41. The fourth-order valence-corrected chi connectivity index (χ4v) is 6.58. The van der Waals surface area contributed by atoms with Crippen molar-refractivity contribution in [3.63, 3.8) is 0 Å². The van der Waals surface area contributed by atoms with Gasteiger partial charge in [-0.15, -0.1) is 11.8 Å². The summed E-state index contributed by atoms with van der Waals surface area (Å²) in [5.74, 6) is -0.369. The maximum absolute atomic E-state index is 12.9. The van der Waals surface area contributed by atoms with Crippen LogP contribution in [0.2, 0.25) is 5.02 Å². The van der Waals surface area contributed by atoms with Crippen LogP contribution in [0.25, 0.3) is 10.2 Å². The van der Waals surface area contributed by atoms with Gasteiger partial charge in [0.2, 0.25) is 15.9 Å². The number of nitrogens with zero attached hydrogens (tertiary/aromatic N) is 2. The van der Waals surface area contributed by atoms with Crippen LogP contribution in [0.1, 0.15) is 18.4 Å². The Morgan fingerprint density at radius 3 is 2.52 bits per heavy atom. The largest absolute Gasteiger partial charge is 0.302 e. The lowest BCUT2D eigenvalue weighted by atomic mass is 9.97. The average Bonchev–Trinajstić information content (AvgIpc) is 3.19. The van der Waals surface area contributed by atoms with Crippen molar-refractivity contribution in [1.82, 2.24) is 9.29 Å². The normalized spacial score (nSPS) is 16.0. The number of thioether (sulfide) groups is 1. The lowest BCUT2D eigenvalue weighted by Gasteiger charge is -2.30. The van der Waals surface area contributed by atoms with Gasteiger partial charge < -0.3 is 5.32 Å². The number of hydrogen-bond acceptors (Lipinski definition) is 6. The number of carbonyl (C=O) groups is 1. The van der Waals surface area contributed by atoms with Crippen molar-refractivity contribution in [1.29, 1.82) is 0 Å². The van der Waals surface area contributed by atoms with E-state index in [9.17, 15) is 13.2 Å². The van der Waals surface area contributed by atoms with Crippen LogP contribution in [0.4, 0.5) is 5.13 Å². The number of thiazole rings is 1.